The van der Waals surface area contributed by atoms with Crippen LogP contribution in [-0.4, -0.2) is 12.5 Å². The van der Waals surface area contributed by atoms with Crippen molar-refractivity contribution in [1.29, 1.82) is 0 Å². The minimum absolute atomic E-state index is 0.144. The van der Waals surface area contributed by atoms with Gasteiger partial charge in [0.15, 0.2) is 0 Å². The fourth-order valence-electron chi connectivity index (χ4n) is 2.25. The van der Waals surface area contributed by atoms with Gasteiger partial charge in [-0.2, -0.15) is 0 Å². The zero-order valence-corrected chi connectivity index (χ0v) is 9.68. The molecule has 1 saturated carbocycles. The number of carbonyl (C=O) groups is 1. The van der Waals surface area contributed by atoms with E-state index in [1.54, 1.807) is 0 Å². The smallest absolute Gasteiger partial charge is 0.224 e. The van der Waals surface area contributed by atoms with Gasteiger partial charge in [0.25, 0.3) is 0 Å². The van der Waals surface area contributed by atoms with Crippen molar-refractivity contribution in [3.05, 3.63) is 12.7 Å². The Balaban J connectivity index is 2.45. The van der Waals surface area contributed by atoms with Crippen molar-refractivity contribution in [2.24, 2.45) is 16.7 Å². The van der Waals surface area contributed by atoms with Crippen molar-refractivity contribution in [2.45, 2.75) is 34.1 Å². The second-order valence-corrected chi connectivity index (χ2v) is 5.24. The summed E-state index contributed by atoms with van der Waals surface area (Å²) in [4.78, 5) is 11.8. The number of nitrogens with one attached hydrogen (secondary N) is 1. The molecule has 1 fully saturated rings. The molecule has 0 saturated heterocycles. The molecular weight excluding hydrogens is 174 g/mol. The highest BCUT2D eigenvalue weighted by Crippen LogP contribution is 2.68. The minimum Gasteiger partial charge on any atom is -0.356 e. The van der Waals surface area contributed by atoms with Gasteiger partial charge >= 0.3 is 0 Å². The molecule has 1 amide bonds. The third kappa shape index (κ3) is 1.58. The third-order valence-corrected chi connectivity index (χ3v) is 3.93. The van der Waals surface area contributed by atoms with Gasteiger partial charge in [-0.25, -0.2) is 0 Å². The molecule has 0 bridgehead atoms. The fraction of sp³-hybridized carbons (Fsp3) is 0.750. The Morgan fingerprint density at radius 1 is 1.36 bits per heavy atom. The molecule has 0 unspecified atom stereocenters. The van der Waals surface area contributed by atoms with Gasteiger partial charge in [0.1, 0.15) is 0 Å². The lowest BCUT2D eigenvalue weighted by molar-refractivity contribution is -0.123. The Morgan fingerprint density at radius 2 is 1.86 bits per heavy atom. The van der Waals surface area contributed by atoms with E-state index in [1.807, 2.05) is 6.08 Å². The molecule has 0 aromatic carbocycles. The highest BCUT2D eigenvalue weighted by Gasteiger charge is 2.68. The van der Waals surface area contributed by atoms with Gasteiger partial charge in [-0.1, -0.05) is 33.8 Å². The molecule has 1 aliphatic rings. The van der Waals surface area contributed by atoms with Crippen LogP contribution in [0.3, 0.4) is 0 Å². The summed E-state index contributed by atoms with van der Waals surface area (Å²) in [5.41, 5.74) is 0.288. The maximum absolute atomic E-state index is 11.8. The van der Waals surface area contributed by atoms with E-state index >= 15 is 0 Å². The number of amides is 1. The Bertz CT molecular complexity index is 239. The molecule has 2 heteroatoms. The molecule has 0 aliphatic heterocycles. The van der Waals surface area contributed by atoms with Gasteiger partial charge in [-0.05, 0) is 17.3 Å². The summed E-state index contributed by atoms with van der Waals surface area (Å²) < 4.78 is 0. The number of hydrogen-bond donors (Lipinski definition) is 1. The largest absolute Gasteiger partial charge is 0.356 e. The number of rotatable bonds is 4. The highest BCUT2D eigenvalue weighted by atomic mass is 16.2. The molecular formula is C12H21NO. The predicted molar refractivity (Wildman–Crippen MR) is 58.9 cm³/mol. The second-order valence-electron chi connectivity index (χ2n) is 5.24. The van der Waals surface area contributed by atoms with Crippen LogP contribution < -0.4 is 5.32 Å². The lowest BCUT2D eigenvalue weighted by Gasteiger charge is -2.04. The molecule has 1 rings (SSSR count). The van der Waals surface area contributed by atoms with Gasteiger partial charge in [0, 0.05) is 12.5 Å². The molecule has 0 radical (unpaired) electrons. The van der Waals surface area contributed by atoms with Crippen molar-refractivity contribution in [3.63, 3.8) is 0 Å². The molecule has 0 heterocycles. The van der Waals surface area contributed by atoms with Crippen molar-refractivity contribution >= 4 is 5.91 Å². The first kappa shape index (κ1) is 11.3. The van der Waals surface area contributed by atoms with Gasteiger partial charge in [-0.15, -0.1) is 6.58 Å². The van der Waals surface area contributed by atoms with Gasteiger partial charge < -0.3 is 5.32 Å². The number of carbonyl (C=O) groups excluding carboxylic acids is 1. The van der Waals surface area contributed by atoms with Crippen molar-refractivity contribution < 1.29 is 4.79 Å². The summed E-state index contributed by atoms with van der Waals surface area (Å²) in [6.45, 7) is 13.0. The van der Waals surface area contributed by atoms with Crippen LogP contribution in [0.2, 0.25) is 0 Å². The van der Waals surface area contributed by atoms with Crippen LogP contribution >= 0.6 is 0 Å². The monoisotopic (exact) mass is 195 g/mol. The summed E-state index contributed by atoms with van der Waals surface area (Å²) >= 11 is 0. The van der Waals surface area contributed by atoms with Crippen LogP contribution in [0.4, 0.5) is 0 Å². The van der Waals surface area contributed by atoms with E-state index < -0.39 is 0 Å². The van der Waals surface area contributed by atoms with Crippen LogP contribution in [-0.2, 0) is 4.79 Å². The Morgan fingerprint density at radius 3 is 2.21 bits per heavy atom. The number of hydrogen-bond acceptors (Lipinski definition) is 1. The molecule has 0 spiro atoms. The van der Waals surface area contributed by atoms with Gasteiger partial charge in [0.2, 0.25) is 5.91 Å². The first-order chi connectivity index (χ1) is 6.35. The predicted octanol–water partition coefficient (Wildman–Crippen LogP) is 2.36. The summed E-state index contributed by atoms with van der Waals surface area (Å²) in [5.74, 6) is 0.363. The van der Waals surface area contributed by atoms with E-state index in [-0.39, 0.29) is 22.7 Å². The molecule has 0 aromatic rings. The Kier molecular flexibility index (Phi) is 2.75. The molecule has 1 aliphatic carbocycles. The van der Waals surface area contributed by atoms with E-state index in [0.717, 1.165) is 6.42 Å². The Hall–Kier alpha value is -0.790. The second kappa shape index (κ2) is 3.41. The molecule has 2 nitrogen and oxygen atoms in total. The third-order valence-electron chi connectivity index (χ3n) is 3.93. The van der Waals surface area contributed by atoms with E-state index in [2.05, 4.69) is 39.6 Å². The molecule has 1 N–H and O–H groups in total. The lowest BCUT2D eigenvalue weighted by Crippen LogP contribution is -2.28. The van der Waals surface area contributed by atoms with Crippen LogP contribution in [0.15, 0.2) is 12.7 Å². The van der Waals surface area contributed by atoms with Gasteiger partial charge in [-0.3, -0.25) is 4.79 Å². The Labute approximate surface area is 86.8 Å². The quantitative estimate of drug-likeness (QED) is 0.541. The zero-order valence-electron chi connectivity index (χ0n) is 9.68. The fourth-order valence-corrected chi connectivity index (χ4v) is 2.25. The van der Waals surface area contributed by atoms with E-state index in [1.165, 1.54) is 0 Å². The van der Waals surface area contributed by atoms with Crippen LogP contribution in [0.1, 0.15) is 34.1 Å². The summed E-state index contributed by atoms with van der Waals surface area (Å²) in [6, 6.07) is 0. The van der Waals surface area contributed by atoms with Crippen LogP contribution in [0.5, 0.6) is 0 Å². The van der Waals surface area contributed by atoms with Crippen molar-refractivity contribution in [3.8, 4) is 0 Å². The average molecular weight is 195 g/mol. The maximum Gasteiger partial charge on any atom is 0.224 e. The van der Waals surface area contributed by atoms with Crippen molar-refractivity contribution in [1.82, 2.24) is 5.32 Å². The molecule has 80 valence electrons. The van der Waals surface area contributed by atoms with Crippen molar-refractivity contribution in [2.75, 3.05) is 6.54 Å². The molecule has 14 heavy (non-hydrogen) atoms. The maximum atomic E-state index is 11.8. The first-order valence-corrected chi connectivity index (χ1v) is 5.24. The summed E-state index contributed by atoms with van der Waals surface area (Å²) in [7, 11) is 0. The normalized spacial score (nSPS) is 22.9. The molecule has 0 aromatic heterocycles. The summed E-state index contributed by atoms with van der Waals surface area (Å²) in [5, 5.41) is 2.95. The first-order valence-electron chi connectivity index (χ1n) is 5.24. The minimum atomic E-state index is 0.144. The SMILES string of the molecule is C=CCCNC(=O)C1C(C)(C)C1(C)C. The van der Waals surface area contributed by atoms with Crippen LogP contribution in [0, 0.1) is 16.7 Å². The molecule has 0 atom stereocenters. The average Bonchev–Trinajstić information content (AvgIpc) is 2.43. The summed E-state index contributed by atoms with van der Waals surface area (Å²) in [6.07, 6.45) is 2.67. The van der Waals surface area contributed by atoms with E-state index in [4.69, 9.17) is 0 Å². The zero-order chi connectivity index (χ0) is 11.0. The van der Waals surface area contributed by atoms with Crippen LogP contribution in [0.25, 0.3) is 0 Å². The highest BCUT2D eigenvalue weighted by molar-refractivity contribution is 5.84. The standard InChI is InChI=1S/C12H21NO/c1-6-7-8-13-10(14)9-11(2,3)12(9,4)5/h6,9H,1,7-8H2,2-5H3,(H,13,14). The van der Waals surface area contributed by atoms with E-state index in [0.29, 0.717) is 6.54 Å². The topological polar surface area (TPSA) is 29.1 Å². The van der Waals surface area contributed by atoms with Gasteiger partial charge in [0.05, 0.1) is 0 Å². The van der Waals surface area contributed by atoms with E-state index in [9.17, 15) is 4.79 Å². The lowest BCUT2D eigenvalue weighted by atomic mass is 10.0.